The van der Waals surface area contributed by atoms with E-state index in [1.54, 1.807) is 6.92 Å². The molecule has 2 atom stereocenters. The summed E-state index contributed by atoms with van der Waals surface area (Å²) in [6.45, 7) is 1.73. The highest BCUT2D eigenvalue weighted by atomic mass is 16.2. The van der Waals surface area contributed by atoms with Crippen LogP contribution in [-0.2, 0) is 15.0 Å². The Hall–Kier alpha value is -3.91. The predicted octanol–water partition coefficient (Wildman–Crippen LogP) is 3.93. The molecule has 0 aliphatic carbocycles. The molecule has 3 aromatic rings. The summed E-state index contributed by atoms with van der Waals surface area (Å²) in [4.78, 5) is 25.4. The van der Waals surface area contributed by atoms with Crippen LogP contribution in [0.25, 0.3) is 0 Å². The van der Waals surface area contributed by atoms with Gasteiger partial charge in [-0.05, 0) is 22.6 Å². The molecular formula is C27H27N3O2. The van der Waals surface area contributed by atoms with Crippen molar-refractivity contribution in [2.45, 2.75) is 31.2 Å². The van der Waals surface area contributed by atoms with Gasteiger partial charge in [0.2, 0.25) is 11.8 Å². The molecule has 162 valence electrons. The fourth-order valence-electron chi connectivity index (χ4n) is 4.20. The number of nitrogens with zero attached hydrogens (tertiary/aromatic N) is 1. The van der Waals surface area contributed by atoms with Crippen molar-refractivity contribution in [2.24, 2.45) is 11.7 Å². The van der Waals surface area contributed by atoms with Gasteiger partial charge in [-0.15, -0.1) is 0 Å². The standard InChI is InChI=1S/C27H27N3O2/c1-20(17-18-28)25(26(29)32)30-24(31)19-27(21-11-5-2-6-12-21,22-13-7-3-8-14-22)23-15-9-4-10-16-23/h2-16,20,25H,17,19H2,1H3,(H2,29,32)(H,30,31)/t20-,25-/m1/s1. The van der Waals surface area contributed by atoms with Crippen molar-refractivity contribution in [1.29, 1.82) is 5.26 Å². The van der Waals surface area contributed by atoms with Crippen LogP contribution in [0.5, 0.6) is 0 Å². The van der Waals surface area contributed by atoms with E-state index in [2.05, 4.69) is 5.32 Å². The largest absolute Gasteiger partial charge is 0.368 e. The highest BCUT2D eigenvalue weighted by Gasteiger charge is 2.39. The normalized spacial score (nSPS) is 12.9. The Morgan fingerprint density at radius 1 is 0.875 bits per heavy atom. The number of nitriles is 1. The van der Waals surface area contributed by atoms with Crippen molar-refractivity contribution in [1.82, 2.24) is 5.32 Å². The number of carbonyl (C=O) groups is 2. The lowest BCUT2D eigenvalue weighted by Crippen LogP contribution is -2.50. The predicted molar refractivity (Wildman–Crippen MR) is 124 cm³/mol. The average Bonchev–Trinajstić information content (AvgIpc) is 2.82. The van der Waals surface area contributed by atoms with E-state index in [4.69, 9.17) is 11.0 Å². The summed E-state index contributed by atoms with van der Waals surface area (Å²) in [5.41, 5.74) is 7.68. The van der Waals surface area contributed by atoms with E-state index in [1.807, 2.05) is 97.1 Å². The zero-order valence-electron chi connectivity index (χ0n) is 18.1. The van der Waals surface area contributed by atoms with Crippen LogP contribution in [-0.4, -0.2) is 17.9 Å². The molecule has 0 bridgehead atoms. The Bertz CT molecular complexity index is 979. The maximum atomic E-state index is 13.4. The third kappa shape index (κ3) is 4.87. The van der Waals surface area contributed by atoms with Crippen LogP contribution in [0.1, 0.15) is 36.5 Å². The second kappa shape index (κ2) is 10.4. The zero-order chi connectivity index (χ0) is 23.0. The first-order chi connectivity index (χ1) is 15.5. The van der Waals surface area contributed by atoms with Crippen LogP contribution < -0.4 is 11.1 Å². The summed E-state index contributed by atoms with van der Waals surface area (Å²) in [5.74, 6) is -1.35. The first-order valence-corrected chi connectivity index (χ1v) is 10.6. The second-order valence-electron chi connectivity index (χ2n) is 7.97. The van der Waals surface area contributed by atoms with Crippen LogP contribution in [0.3, 0.4) is 0 Å². The highest BCUT2D eigenvalue weighted by Crippen LogP contribution is 2.42. The molecule has 0 aliphatic rings. The van der Waals surface area contributed by atoms with E-state index in [9.17, 15) is 9.59 Å². The molecule has 32 heavy (non-hydrogen) atoms. The number of nitrogens with two attached hydrogens (primary N) is 1. The van der Waals surface area contributed by atoms with Gasteiger partial charge in [0.1, 0.15) is 6.04 Å². The molecule has 0 saturated heterocycles. The van der Waals surface area contributed by atoms with Gasteiger partial charge in [-0.1, -0.05) is 97.9 Å². The van der Waals surface area contributed by atoms with Crippen LogP contribution in [0.2, 0.25) is 0 Å². The highest BCUT2D eigenvalue weighted by molar-refractivity contribution is 5.88. The average molecular weight is 426 g/mol. The number of rotatable bonds is 9. The third-order valence-electron chi connectivity index (χ3n) is 5.83. The molecule has 3 aromatic carbocycles. The van der Waals surface area contributed by atoms with Gasteiger partial charge in [-0.2, -0.15) is 5.26 Å². The van der Waals surface area contributed by atoms with Crippen molar-refractivity contribution >= 4 is 11.8 Å². The topological polar surface area (TPSA) is 96.0 Å². The van der Waals surface area contributed by atoms with E-state index < -0.39 is 17.4 Å². The number of amides is 2. The maximum absolute atomic E-state index is 13.4. The number of nitrogens with one attached hydrogen (secondary N) is 1. The Morgan fingerprint density at radius 2 is 1.28 bits per heavy atom. The van der Waals surface area contributed by atoms with Crippen LogP contribution in [0, 0.1) is 17.2 Å². The van der Waals surface area contributed by atoms with E-state index in [1.165, 1.54) is 0 Å². The molecule has 5 nitrogen and oxygen atoms in total. The number of primary amides is 1. The fourth-order valence-corrected chi connectivity index (χ4v) is 4.20. The summed E-state index contributed by atoms with van der Waals surface area (Å²) in [6.07, 6.45) is 0.198. The van der Waals surface area contributed by atoms with E-state index in [0.717, 1.165) is 16.7 Å². The van der Waals surface area contributed by atoms with Gasteiger partial charge in [0.15, 0.2) is 0 Å². The van der Waals surface area contributed by atoms with E-state index in [-0.39, 0.29) is 24.7 Å². The Kier molecular flexibility index (Phi) is 7.41. The summed E-state index contributed by atoms with van der Waals surface area (Å²) < 4.78 is 0. The van der Waals surface area contributed by atoms with Gasteiger partial charge in [-0.25, -0.2) is 0 Å². The minimum absolute atomic E-state index is 0.0775. The van der Waals surface area contributed by atoms with Gasteiger partial charge in [0, 0.05) is 12.8 Å². The minimum Gasteiger partial charge on any atom is -0.368 e. The summed E-state index contributed by atoms with van der Waals surface area (Å²) in [6, 6.07) is 30.7. The molecule has 5 heteroatoms. The van der Waals surface area contributed by atoms with Crippen molar-refractivity contribution < 1.29 is 9.59 Å². The molecule has 0 aromatic heterocycles. The molecule has 0 fully saturated rings. The molecule has 3 rings (SSSR count). The zero-order valence-corrected chi connectivity index (χ0v) is 18.1. The Balaban J connectivity index is 2.10. The molecule has 0 radical (unpaired) electrons. The molecule has 0 unspecified atom stereocenters. The molecule has 2 amide bonds. The summed E-state index contributed by atoms with van der Waals surface area (Å²) in [5, 5.41) is 11.8. The maximum Gasteiger partial charge on any atom is 0.240 e. The first kappa shape index (κ1) is 22.8. The van der Waals surface area contributed by atoms with Crippen molar-refractivity contribution in [3.8, 4) is 6.07 Å². The van der Waals surface area contributed by atoms with E-state index >= 15 is 0 Å². The summed E-state index contributed by atoms with van der Waals surface area (Å²) in [7, 11) is 0. The molecular weight excluding hydrogens is 398 g/mol. The van der Waals surface area contributed by atoms with Crippen LogP contribution in [0.4, 0.5) is 0 Å². The quantitative estimate of drug-likeness (QED) is 0.509. The molecule has 0 saturated carbocycles. The number of benzene rings is 3. The summed E-state index contributed by atoms with van der Waals surface area (Å²) >= 11 is 0. The molecule has 0 aliphatic heterocycles. The van der Waals surface area contributed by atoms with Gasteiger partial charge < -0.3 is 11.1 Å². The smallest absolute Gasteiger partial charge is 0.240 e. The van der Waals surface area contributed by atoms with Gasteiger partial charge >= 0.3 is 0 Å². The van der Waals surface area contributed by atoms with Crippen molar-refractivity contribution in [3.63, 3.8) is 0 Å². The minimum atomic E-state index is -0.915. The third-order valence-corrected chi connectivity index (χ3v) is 5.83. The van der Waals surface area contributed by atoms with Gasteiger partial charge in [0.25, 0.3) is 0 Å². The van der Waals surface area contributed by atoms with Crippen LogP contribution in [0.15, 0.2) is 91.0 Å². The lowest BCUT2D eigenvalue weighted by Gasteiger charge is -2.36. The molecule has 0 heterocycles. The van der Waals surface area contributed by atoms with E-state index in [0.29, 0.717) is 0 Å². The van der Waals surface area contributed by atoms with Gasteiger partial charge in [-0.3, -0.25) is 9.59 Å². The Morgan fingerprint density at radius 3 is 1.62 bits per heavy atom. The van der Waals surface area contributed by atoms with Crippen molar-refractivity contribution in [3.05, 3.63) is 108 Å². The Labute approximate surface area is 188 Å². The van der Waals surface area contributed by atoms with Crippen LogP contribution >= 0.6 is 0 Å². The second-order valence-corrected chi connectivity index (χ2v) is 7.97. The number of hydrogen-bond donors (Lipinski definition) is 2. The number of carbonyl (C=O) groups excluding carboxylic acids is 2. The molecule has 3 N–H and O–H groups in total. The van der Waals surface area contributed by atoms with Crippen molar-refractivity contribution in [2.75, 3.05) is 0 Å². The monoisotopic (exact) mass is 425 g/mol. The number of hydrogen-bond acceptors (Lipinski definition) is 3. The molecule has 0 spiro atoms. The fraction of sp³-hybridized carbons (Fsp3) is 0.222. The SMILES string of the molecule is C[C@H](CC#N)[C@@H](NC(=O)CC(c1ccccc1)(c1ccccc1)c1ccccc1)C(N)=O. The van der Waals surface area contributed by atoms with Gasteiger partial charge in [0.05, 0.1) is 11.5 Å². The lowest BCUT2D eigenvalue weighted by molar-refractivity contribution is -0.128. The first-order valence-electron chi connectivity index (χ1n) is 10.6. The lowest BCUT2D eigenvalue weighted by atomic mass is 9.67.